The Kier molecular flexibility index (Phi) is 8.63. The fourth-order valence-electron chi connectivity index (χ4n) is 2.86. The fraction of sp³-hybridized carbons (Fsp3) is 0.375. The number of nitrogens with one attached hydrogen (secondary N) is 3. The number of rotatable bonds is 8. The maximum Gasteiger partial charge on any atom is 0.269 e. The predicted molar refractivity (Wildman–Crippen MR) is 122 cm³/mol. The van der Waals surface area contributed by atoms with Crippen molar-refractivity contribution in [2.75, 3.05) is 20.3 Å². The highest BCUT2D eigenvalue weighted by atomic mass is 16.5. The van der Waals surface area contributed by atoms with Crippen molar-refractivity contribution >= 4 is 17.7 Å². The first-order chi connectivity index (χ1) is 15.2. The number of amides is 3. The molecule has 0 radical (unpaired) electrons. The number of benzene rings is 2. The lowest BCUT2D eigenvalue weighted by atomic mass is 9.87. The van der Waals surface area contributed by atoms with E-state index in [1.165, 1.54) is 13.2 Å². The summed E-state index contributed by atoms with van der Waals surface area (Å²) in [5.41, 5.74) is 6.65. The first kappa shape index (κ1) is 24.7. The van der Waals surface area contributed by atoms with Crippen molar-refractivity contribution in [3.05, 3.63) is 59.2 Å². The molecule has 8 heteroatoms. The molecule has 0 bridgehead atoms. The third kappa shape index (κ3) is 7.01. The number of hydrazine groups is 1. The normalized spacial score (nSPS) is 10.8. The van der Waals surface area contributed by atoms with Gasteiger partial charge >= 0.3 is 0 Å². The van der Waals surface area contributed by atoms with Gasteiger partial charge in [0.15, 0.2) is 11.5 Å². The summed E-state index contributed by atoms with van der Waals surface area (Å²) in [7, 11) is 1.48. The van der Waals surface area contributed by atoms with Crippen LogP contribution in [0.3, 0.4) is 0 Å². The summed E-state index contributed by atoms with van der Waals surface area (Å²) in [5.74, 6) is -0.241. The lowest BCUT2D eigenvalue weighted by Crippen LogP contribution is -2.42. The van der Waals surface area contributed by atoms with Gasteiger partial charge in [0.25, 0.3) is 11.8 Å². The van der Waals surface area contributed by atoms with Gasteiger partial charge in [0.2, 0.25) is 5.91 Å². The average Bonchev–Trinajstić information content (AvgIpc) is 2.77. The molecule has 0 spiro atoms. The molecular formula is C24H31N3O5. The van der Waals surface area contributed by atoms with Crippen LogP contribution < -0.4 is 25.6 Å². The molecule has 32 heavy (non-hydrogen) atoms. The standard InChI is InChI=1S/C24H31N3O5/c1-6-32-19-12-9-17(15-20(19)31-5)23(30)27-26-21(28)13-14-25-22(29)16-7-10-18(11-8-16)24(2,3)4/h7-12,15H,6,13-14H2,1-5H3,(H,25,29)(H,26,28)(H,27,30). The minimum absolute atomic E-state index is 0.00792. The molecule has 0 saturated heterocycles. The second-order valence-corrected chi connectivity index (χ2v) is 8.13. The Labute approximate surface area is 188 Å². The third-order valence-electron chi connectivity index (χ3n) is 4.69. The molecule has 0 aliphatic rings. The number of carbonyl (C=O) groups is 3. The van der Waals surface area contributed by atoms with Crippen molar-refractivity contribution in [3.8, 4) is 11.5 Å². The molecule has 3 N–H and O–H groups in total. The molecule has 3 amide bonds. The van der Waals surface area contributed by atoms with Crippen LogP contribution in [0.4, 0.5) is 0 Å². The van der Waals surface area contributed by atoms with Gasteiger partial charge in [-0.3, -0.25) is 25.2 Å². The summed E-state index contributed by atoms with van der Waals surface area (Å²) in [6.45, 7) is 8.76. The van der Waals surface area contributed by atoms with E-state index in [-0.39, 0.29) is 24.3 Å². The van der Waals surface area contributed by atoms with Gasteiger partial charge in [0, 0.05) is 24.1 Å². The Morgan fingerprint density at radius 1 is 0.875 bits per heavy atom. The number of hydrogen-bond donors (Lipinski definition) is 3. The molecule has 172 valence electrons. The number of carbonyl (C=O) groups excluding carboxylic acids is 3. The smallest absolute Gasteiger partial charge is 0.269 e. The number of hydrogen-bond acceptors (Lipinski definition) is 5. The van der Waals surface area contributed by atoms with Crippen LogP contribution in [0, 0.1) is 0 Å². The molecule has 2 aromatic rings. The first-order valence-corrected chi connectivity index (χ1v) is 10.4. The van der Waals surface area contributed by atoms with Gasteiger partial charge in [-0.05, 0) is 48.2 Å². The predicted octanol–water partition coefficient (Wildman–Crippen LogP) is 2.97. The SMILES string of the molecule is CCOc1ccc(C(=O)NNC(=O)CCNC(=O)c2ccc(C(C)(C)C)cc2)cc1OC. The molecular weight excluding hydrogens is 410 g/mol. The Bertz CT molecular complexity index is 949. The van der Waals surface area contributed by atoms with Gasteiger partial charge < -0.3 is 14.8 Å². The quantitative estimate of drug-likeness (QED) is 0.546. The lowest BCUT2D eigenvalue weighted by molar-refractivity contribution is -0.121. The molecule has 2 rings (SSSR count). The van der Waals surface area contributed by atoms with Gasteiger partial charge in [0.1, 0.15) is 0 Å². The molecule has 0 aliphatic heterocycles. The zero-order valence-electron chi connectivity index (χ0n) is 19.2. The van der Waals surface area contributed by atoms with Crippen LogP contribution in [0.15, 0.2) is 42.5 Å². The van der Waals surface area contributed by atoms with Crippen LogP contribution in [0.2, 0.25) is 0 Å². The van der Waals surface area contributed by atoms with Crippen molar-refractivity contribution in [3.63, 3.8) is 0 Å². The molecule has 0 saturated carbocycles. The van der Waals surface area contributed by atoms with E-state index < -0.39 is 11.8 Å². The summed E-state index contributed by atoms with van der Waals surface area (Å²) in [6.07, 6.45) is 0.0126. The Hall–Kier alpha value is -3.55. The fourth-order valence-corrected chi connectivity index (χ4v) is 2.86. The van der Waals surface area contributed by atoms with Crippen LogP contribution >= 0.6 is 0 Å². The molecule has 0 unspecified atom stereocenters. The highest BCUT2D eigenvalue weighted by molar-refractivity contribution is 5.96. The Balaban J connectivity index is 1.78. The molecule has 2 aromatic carbocycles. The average molecular weight is 442 g/mol. The second kappa shape index (κ2) is 11.2. The summed E-state index contributed by atoms with van der Waals surface area (Å²) in [6, 6.07) is 12.1. The van der Waals surface area contributed by atoms with E-state index in [9.17, 15) is 14.4 Å². The maximum atomic E-state index is 12.3. The third-order valence-corrected chi connectivity index (χ3v) is 4.69. The van der Waals surface area contributed by atoms with E-state index in [2.05, 4.69) is 36.9 Å². The minimum atomic E-state index is -0.498. The largest absolute Gasteiger partial charge is 0.493 e. The van der Waals surface area contributed by atoms with E-state index in [0.717, 1.165) is 5.56 Å². The maximum absolute atomic E-state index is 12.3. The Morgan fingerprint density at radius 3 is 2.12 bits per heavy atom. The topological polar surface area (TPSA) is 106 Å². The highest BCUT2D eigenvalue weighted by Crippen LogP contribution is 2.28. The summed E-state index contributed by atoms with van der Waals surface area (Å²) >= 11 is 0. The van der Waals surface area contributed by atoms with Gasteiger partial charge in [0.05, 0.1) is 13.7 Å². The van der Waals surface area contributed by atoms with Crippen molar-refractivity contribution < 1.29 is 23.9 Å². The van der Waals surface area contributed by atoms with Crippen LogP contribution in [-0.2, 0) is 10.2 Å². The van der Waals surface area contributed by atoms with Crippen molar-refractivity contribution in [2.45, 2.75) is 39.5 Å². The summed E-state index contributed by atoms with van der Waals surface area (Å²) < 4.78 is 10.6. The molecule has 0 atom stereocenters. The van der Waals surface area contributed by atoms with Gasteiger partial charge in [-0.1, -0.05) is 32.9 Å². The van der Waals surface area contributed by atoms with Crippen LogP contribution in [-0.4, -0.2) is 38.0 Å². The summed E-state index contributed by atoms with van der Waals surface area (Å²) in [5, 5.41) is 2.70. The minimum Gasteiger partial charge on any atom is -0.493 e. The number of ether oxygens (including phenoxy) is 2. The zero-order valence-corrected chi connectivity index (χ0v) is 19.2. The van der Waals surface area contributed by atoms with E-state index in [0.29, 0.717) is 29.2 Å². The number of methoxy groups -OCH3 is 1. The monoisotopic (exact) mass is 441 g/mol. The molecule has 0 heterocycles. The van der Waals surface area contributed by atoms with Gasteiger partial charge in [-0.15, -0.1) is 0 Å². The molecule has 0 aliphatic carbocycles. The van der Waals surface area contributed by atoms with Gasteiger partial charge in [-0.25, -0.2) is 0 Å². The van der Waals surface area contributed by atoms with Gasteiger partial charge in [-0.2, -0.15) is 0 Å². The van der Waals surface area contributed by atoms with Crippen LogP contribution in [0.25, 0.3) is 0 Å². The van der Waals surface area contributed by atoms with E-state index in [4.69, 9.17) is 9.47 Å². The van der Waals surface area contributed by atoms with E-state index in [1.54, 1.807) is 24.3 Å². The van der Waals surface area contributed by atoms with Crippen molar-refractivity contribution in [2.24, 2.45) is 0 Å². The first-order valence-electron chi connectivity index (χ1n) is 10.4. The second-order valence-electron chi connectivity index (χ2n) is 8.13. The van der Waals surface area contributed by atoms with E-state index >= 15 is 0 Å². The zero-order chi connectivity index (χ0) is 23.7. The van der Waals surface area contributed by atoms with Crippen LogP contribution in [0.1, 0.15) is 60.4 Å². The molecule has 0 aromatic heterocycles. The van der Waals surface area contributed by atoms with Crippen molar-refractivity contribution in [1.82, 2.24) is 16.2 Å². The van der Waals surface area contributed by atoms with E-state index in [1.807, 2.05) is 19.1 Å². The highest BCUT2D eigenvalue weighted by Gasteiger charge is 2.15. The molecule has 8 nitrogen and oxygen atoms in total. The van der Waals surface area contributed by atoms with Crippen LogP contribution in [0.5, 0.6) is 11.5 Å². The lowest BCUT2D eigenvalue weighted by Gasteiger charge is -2.19. The van der Waals surface area contributed by atoms with Crippen molar-refractivity contribution in [1.29, 1.82) is 0 Å². The Morgan fingerprint density at radius 2 is 1.53 bits per heavy atom. The molecule has 0 fully saturated rings. The summed E-state index contributed by atoms with van der Waals surface area (Å²) in [4.78, 5) is 36.5.